The summed E-state index contributed by atoms with van der Waals surface area (Å²) in [7, 11) is 0. The van der Waals surface area contributed by atoms with Crippen LogP contribution in [0, 0.1) is 0 Å². The van der Waals surface area contributed by atoms with Crippen LogP contribution >= 0.6 is 0 Å². The molecule has 1 atom stereocenters. The zero-order valence-electron chi connectivity index (χ0n) is 14.4. The second kappa shape index (κ2) is 19.0. The van der Waals surface area contributed by atoms with Crippen molar-refractivity contribution in [2.24, 2.45) is 0 Å². The van der Waals surface area contributed by atoms with Crippen LogP contribution in [0.5, 0.6) is 0 Å². The zero-order valence-corrected chi connectivity index (χ0v) is 16.4. The minimum atomic E-state index is -0.937. The molecule has 3 nitrogen and oxygen atoms in total. The first-order chi connectivity index (χ1) is 10.2. The normalized spacial score (nSPS) is 12.6. The summed E-state index contributed by atoms with van der Waals surface area (Å²) in [6.07, 6.45) is 18.4. The molecule has 0 heterocycles. The maximum atomic E-state index is 10.2. The number of unbranched alkanes of at least 4 members (excludes halogenated alkanes) is 5. The molecule has 0 saturated carbocycles. The van der Waals surface area contributed by atoms with Gasteiger partial charge >= 0.3 is 29.6 Å². The minimum Gasteiger partial charge on any atom is -0.550 e. The quantitative estimate of drug-likeness (QED) is 0.289. The molecule has 4 heteroatoms. The number of aliphatic hydroxyl groups excluding tert-OH is 1. The van der Waals surface area contributed by atoms with Crippen molar-refractivity contribution in [3.05, 3.63) is 24.3 Å². The number of hydrogen-bond donors (Lipinski definition) is 1. The third-order valence-electron chi connectivity index (χ3n) is 3.39. The van der Waals surface area contributed by atoms with E-state index < -0.39 is 5.97 Å². The average Bonchev–Trinajstić information content (AvgIpc) is 2.44. The van der Waals surface area contributed by atoms with Gasteiger partial charge in [-0.15, -0.1) is 0 Å². The van der Waals surface area contributed by atoms with Crippen LogP contribution in [0.3, 0.4) is 0 Å². The van der Waals surface area contributed by atoms with Crippen LogP contribution in [0.1, 0.15) is 77.6 Å². The van der Waals surface area contributed by atoms with Gasteiger partial charge in [0.25, 0.3) is 0 Å². The van der Waals surface area contributed by atoms with Crippen molar-refractivity contribution < 1.29 is 44.6 Å². The fraction of sp³-hybridized carbons (Fsp3) is 0.722. The Kier molecular flexibility index (Phi) is 20.8. The third-order valence-corrected chi connectivity index (χ3v) is 3.39. The van der Waals surface area contributed by atoms with Gasteiger partial charge in [0.05, 0.1) is 6.10 Å². The fourth-order valence-electron chi connectivity index (χ4n) is 2.16. The van der Waals surface area contributed by atoms with E-state index in [4.69, 9.17) is 0 Å². The van der Waals surface area contributed by atoms with Gasteiger partial charge in [-0.1, -0.05) is 56.9 Å². The average molecular weight is 318 g/mol. The third kappa shape index (κ3) is 19.9. The maximum absolute atomic E-state index is 10.2. The number of carbonyl (C=O) groups is 1. The summed E-state index contributed by atoms with van der Waals surface area (Å²) < 4.78 is 0. The van der Waals surface area contributed by atoms with Crippen LogP contribution in [0.15, 0.2) is 24.3 Å². The van der Waals surface area contributed by atoms with Crippen molar-refractivity contribution in [2.45, 2.75) is 83.7 Å². The van der Waals surface area contributed by atoms with Gasteiger partial charge < -0.3 is 15.0 Å². The van der Waals surface area contributed by atoms with Gasteiger partial charge in [-0.3, -0.25) is 0 Å². The molecule has 0 saturated heterocycles. The second-order valence-electron chi connectivity index (χ2n) is 5.54. The van der Waals surface area contributed by atoms with Crippen LogP contribution < -0.4 is 34.7 Å². The zero-order chi connectivity index (χ0) is 15.8. The van der Waals surface area contributed by atoms with Crippen LogP contribution in [-0.4, -0.2) is 17.2 Å². The van der Waals surface area contributed by atoms with Gasteiger partial charge in [0.1, 0.15) is 0 Å². The predicted molar refractivity (Wildman–Crippen MR) is 85.8 cm³/mol. The van der Waals surface area contributed by atoms with E-state index in [2.05, 4.69) is 31.2 Å². The van der Waals surface area contributed by atoms with Gasteiger partial charge in [-0.2, -0.15) is 0 Å². The van der Waals surface area contributed by atoms with Crippen LogP contribution in [-0.2, 0) is 4.79 Å². The number of carboxylic acid groups (broad SMARTS) is 1. The molecule has 0 aromatic heterocycles. The van der Waals surface area contributed by atoms with Crippen molar-refractivity contribution in [1.29, 1.82) is 0 Å². The summed E-state index contributed by atoms with van der Waals surface area (Å²) in [5, 5.41) is 19.7. The van der Waals surface area contributed by atoms with Crippen molar-refractivity contribution >= 4 is 5.97 Å². The Morgan fingerprint density at radius 1 is 1.05 bits per heavy atom. The van der Waals surface area contributed by atoms with Crippen molar-refractivity contribution in [1.82, 2.24) is 0 Å². The monoisotopic (exact) mass is 318 g/mol. The van der Waals surface area contributed by atoms with E-state index >= 15 is 0 Å². The molecule has 22 heavy (non-hydrogen) atoms. The Labute approximate surface area is 158 Å². The predicted octanol–water partition coefficient (Wildman–Crippen LogP) is 0.525. The Hall–Kier alpha value is -0.0900. The summed E-state index contributed by atoms with van der Waals surface area (Å²) >= 11 is 0. The molecule has 1 N–H and O–H groups in total. The molecule has 0 fully saturated rings. The van der Waals surface area contributed by atoms with Crippen molar-refractivity contribution in [3.8, 4) is 0 Å². The van der Waals surface area contributed by atoms with Gasteiger partial charge in [0.2, 0.25) is 0 Å². The Balaban J connectivity index is 0. The van der Waals surface area contributed by atoms with Crippen LogP contribution in [0.4, 0.5) is 0 Å². The van der Waals surface area contributed by atoms with Gasteiger partial charge in [-0.25, -0.2) is 0 Å². The summed E-state index contributed by atoms with van der Waals surface area (Å²) in [5.74, 6) is -0.937. The first-order valence-electron chi connectivity index (χ1n) is 8.34. The molecule has 0 aliphatic carbocycles. The van der Waals surface area contributed by atoms with Crippen molar-refractivity contribution in [3.63, 3.8) is 0 Å². The SMILES string of the molecule is CCCC(O)C/C=C\C/C=C\CCCCCCCC(=O)[O-].[Na+]. The standard InChI is InChI=1S/C18H32O3.Na/c1-2-14-17(19)15-12-10-8-6-4-3-5-7-9-11-13-16-18(20)21;/h4,6,10,12,17,19H,2-3,5,7-9,11,13-16H2,1H3,(H,20,21);/q;+1/p-1/b6-4-,12-10-;. The van der Waals surface area contributed by atoms with E-state index in [0.29, 0.717) is 0 Å². The van der Waals surface area contributed by atoms with Crippen LogP contribution in [0.2, 0.25) is 0 Å². The van der Waals surface area contributed by atoms with E-state index in [9.17, 15) is 15.0 Å². The molecule has 1 unspecified atom stereocenters. The molecule has 122 valence electrons. The van der Waals surface area contributed by atoms with E-state index in [1.807, 2.05) is 0 Å². The van der Waals surface area contributed by atoms with Gasteiger partial charge in [0.15, 0.2) is 0 Å². The van der Waals surface area contributed by atoms with E-state index in [-0.39, 0.29) is 42.1 Å². The Morgan fingerprint density at radius 2 is 1.68 bits per heavy atom. The second-order valence-corrected chi connectivity index (χ2v) is 5.54. The summed E-state index contributed by atoms with van der Waals surface area (Å²) in [4.78, 5) is 10.2. The molecule has 0 radical (unpaired) electrons. The molecule has 0 aliphatic rings. The molecule has 0 aliphatic heterocycles. The number of hydrogen-bond acceptors (Lipinski definition) is 3. The Bertz CT molecular complexity index is 301. The van der Waals surface area contributed by atoms with Crippen molar-refractivity contribution in [2.75, 3.05) is 0 Å². The molecular weight excluding hydrogens is 287 g/mol. The Morgan fingerprint density at radius 3 is 2.36 bits per heavy atom. The molecule has 0 spiro atoms. The number of rotatable bonds is 14. The summed E-state index contributed by atoms with van der Waals surface area (Å²) in [5.41, 5.74) is 0. The first kappa shape index (κ1) is 24.2. The summed E-state index contributed by atoms with van der Waals surface area (Å²) in [6, 6.07) is 0. The minimum absolute atomic E-state index is 0. The smallest absolute Gasteiger partial charge is 0.550 e. The van der Waals surface area contributed by atoms with Gasteiger partial charge in [0, 0.05) is 5.97 Å². The van der Waals surface area contributed by atoms with E-state index in [0.717, 1.165) is 57.8 Å². The number of carbonyl (C=O) groups excluding carboxylic acids is 1. The largest absolute Gasteiger partial charge is 1.00 e. The van der Waals surface area contributed by atoms with Gasteiger partial charge in [-0.05, 0) is 44.9 Å². The number of aliphatic carboxylic acids is 1. The fourth-order valence-corrected chi connectivity index (χ4v) is 2.16. The van der Waals surface area contributed by atoms with E-state index in [1.165, 1.54) is 6.42 Å². The molecule has 0 bridgehead atoms. The van der Waals surface area contributed by atoms with E-state index in [1.54, 1.807) is 0 Å². The van der Waals surface area contributed by atoms with Crippen LogP contribution in [0.25, 0.3) is 0 Å². The summed E-state index contributed by atoms with van der Waals surface area (Å²) in [6.45, 7) is 2.08. The molecule has 0 aromatic rings. The maximum Gasteiger partial charge on any atom is 1.00 e. The molecule has 0 amide bonds. The number of carboxylic acids is 1. The first-order valence-corrected chi connectivity index (χ1v) is 8.34. The topological polar surface area (TPSA) is 60.4 Å². The number of aliphatic hydroxyl groups is 1. The number of allylic oxidation sites excluding steroid dienone is 3. The molecule has 0 rings (SSSR count). The molecular formula is C18H31NaO3. The molecule has 0 aromatic carbocycles.